The van der Waals surface area contributed by atoms with Crippen molar-refractivity contribution in [1.29, 1.82) is 0 Å². The molecule has 0 aliphatic heterocycles. The molecule has 0 aromatic heterocycles. The Morgan fingerprint density at radius 1 is 1.16 bits per heavy atom. The van der Waals surface area contributed by atoms with Crippen LogP contribution in [0.3, 0.4) is 0 Å². The molecule has 19 heavy (non-hydrogen) atoms. The van der Waals surface area contributed by atoms with Crippen molar-refractivity contribution in [2.24, 2.45) is 0 Å². The lowest BCUT2D eigenvalue weighted by atomic mass is 10.1. The highest BCUT2D eigenvalue weighted by Gasteiger charge is 2.14. The van der Waals surface area contributed by atoms with Crippen molar-refractivity contribution >= 4 is 17.3 Å². The Morgan fingerprint density at radius 3 is 2.42 bits per heavy atom. The summed E-state index contributed by atoms with van der Waals surface area (Å²) in [5.74, 6) is -0.103. The fraction of sp³-hybridized carbons (Fsp3) is 0.533. The normalized spacial score (nSPS) is 16.8. The van der Waals surface area contributed by atoms with Gasteiger partial charge < -0.3 is 15.8 Å². The largest absolute Gasteiger partial charge is 0.399 e. The third-order valence-corrected chi connectivity index (χ3v) is 3.45. The van der Waals surface area contributed by atoms with Crippen molar-refractivity contribution in [3.8, 4) is 0 Å². The average molecular weight is 262 g/mol. The third kappa shape index (κ3) is 4.91. The van der Waals surface area contributed by atoms with E-state index >= 15 is 0 Å². The van der Waals surface area contributed by atoms with E-state index < -0.39 is 0 Å². The van der Waals surface area contributed by atoms with E-state index in [9.17, 15) is 4.79 Å². The lowest BCUT2D eigenvalue weighted by molar-refractivity contribution is -0.122. The van der Waals surface area contributed by atoms with E-state index in [0.29, 0.717) is 5.69 Å². The molecule has 4 nitrogen and oxygen atoms in total. The maximum atomic E-state index is 11.8. The van der Waals surface area contributed by atoms with E-state index in [2.05, 4.69) is 5.32 Å². The number of carbonyl (C=O) groups excluding carboxylic acids is 1. The van der Waals surface area contributed by atoms with Crippen molar-refractivity contribution in [3.05, 3.63) is 24.3 Å². The van der Waals surface area contributed by atoms with Gasteiger partial charge in [-0.2, -0.15) is 0 Å². The van der Waals surface area contributed by atoms with Gasteiger partial charge in [0.2, 0.25) is 5.91 Å². The lowest BCUT2D eigenvalue weighted by Crippen LogP contribution is -2.23. The van der Waals surface area contributed by atoms with Crippen LogP contribution in [0.5, 0.6) is 0 Å². The van der Waals surface area contributed by atoms with Crippen molar-refractivity contribution in [1.82, 2.24) is 0 Å². The second-order valence-corrected chi connectivity index (χ2v) is 5.09. The molecule has 0 bridgehead atoms. The van der Waals surface area contributed by atoms with E-state index in [4.69, 9.17) is 10.5 Å². The second kappa shape index (κ2) is 7.14. The van der Waals surface area contributed by atoms with Crippen molar-refractivity contribution in [3.63, 3.8) is 0 Å². The topological polar surface area (TPSA) is 64.3 Å². The van der Waals surface area contributed by atoms with Crippen LogP contribution in [0.25, 0.3) is 0 Å². The number of nitrogens with two attached hydrogens (primary N) is 1. The minimum Gasteiger partial charge on any atom is -0.399 e. The van der Waals surface area contributed by atoms with Crippen LogP contribution in [0, 0.1) is 0 Å². The first-order valence-corrected chi connectivity index (χ1v) is 7.01. The summed E-state index contributed by atoms with van der Waals surface area (Å²) in [6.45, 7) is 0.134. The molecule has 0 unspecified atom stereocenters. The van der Waals surface area contributed by atoms with Crippen LogP contribution in [0.2, 0.25) is 0 Å². The minimum absolute atomic E-state index is 0.103. The zero-order valence-corrected chi connectivity index (χ0v) is 11.2. The number of nitrogen functional groups attached to an aromatic ring is 1. The van der Waals surface area contributed by atoms with Gasteiger partial charge in [0.05, 0.1) is 6.10 Å². The van der Waals surface area contributed by atoms with E-state index in [0.717, 1.165) is 18.5 Å². The fourth-order valence-corrected chi connectivity index (χ4v) is 2.37. The third-order valence-electron chi connectivity index (χ3n) is 3.45. The molecule has 1 aromatic carbocycles. The maximum absolute atomic E-state index is 11.8. The molecule has 0 heterocycles. The van der Waals surface area contributed by atoms with Crippen LogP contribution < -0.4 is 11.1 Å². The summed E-state index contributed by atoms with van der Waals surface area (Å²) in [5.41, 5.74) is 7.03. The molecular formula is C15H22N2O2. The second-order valence-electron chi connectivity index (χ2n) is 5.09. The molecule has 1 saturated carbocycles. The Morgan fingerprint density at radius 2 is 1.79 bits per heavy atom. The zero-order chi connectivity index (χ0) is 13.5. The van der Waals surface area contributed by atoms with E-state index in [-0.39, 0.29) is 18.6 Å². The maximum Gasteiger partial charge on any atom is 0.250 e. The molecule has 1 amide bonds. The quantitative estimate of drug-likeness (QED) is 0.647. The van der Waals surface area contributed by atoms with E-state index in [1.807, 2.05) is 0 Å². The molecule has 1 aliphatic rings. The molecule has 3 N–H and O–H groups in total. The van der Waals surface area contributed by atoms with E-state index in [1.165, 1.54) is 25.7 Å². The Kier molecular flexibility index (Phi) is 5.21. The minimum atomic E-state index is -0.103. The van der Waals surface area contributed by atoms with Gasteiger partial charge in [0.1, 0.15) is 6.61 Å². The summed E-state index contributed by atoms with van der Waals surface area (Å²) in [6, 6.07) is 7.11. The van der Waals surface area contributed by atoms with Gasteiger partial charge in [-0.1, -0.05) is 25.7 Å². The van der Waals surface area contributed by atoms with Crippen molar-refractivity contribution in [2.75, 3.05) is 17.7 Å². The summed E-state index contributed by atoms with van der Waals surface area (Å²) in [4.78, 5) is 11.8. The van der Waals surface area contributed by atoms with Crippen LogP contribution in [0.1, 0.15) is 38.5 Å². The van der Waals surface area contributed by atoms with Gasteiger partial charge in [0, 0.05) is 11.4 Å². The predicted molar refractivity (Wildman–Crippen MR) is 76.9 cm³/mol. The lowest BCUT2D eigenvalue weighted by Gasteiger charge is -2.15. The van der Waals surface area contributed by atoms with E-state index in [1.54, 1.807) is 24.3 Å². The Labute approximate surface area is 114 Å². The molecule has 1 aromatic rings. The summed E-state index contributed by atoms with van der Waals surface area (Å²) in [7, 11) is 0. The first kappa shape index (κ1) is 13.9. The van der Waals surface area contributed by atoms with Gasteiger partial charge in [0.15, 0.2) is 0 Å². The molecule has 0 spiro atoms. The molecule has 2 rings (SSSR count). The number of benzene rings is 1. The van der Waals surface area contributed by atoms with Crippen molar-refractivity contribution < 1.29 is 9.53 Å². The van der Waals surface area contributed by atoms with Gasteiger partial charge in [-0.3, -0.25) is 4.79 Å². The molecule has 104 valence electrons. The van der Waals surface area contributed by atoms with Crippen LogP contribution in [0.4, 0.5) is 11.4 Å². The fourth-order valence-electron chi connectivity index (χ4n) is 2.37. The number of anilines is 2. The van der Waals surface area contributed by atoms with Gasteiger partial charge in [-0.25, -0.2) is 0 Å². The van der Waals surface area contributed by atoms with Crippen LogP contribution in [-0.2, 0) is 9.53 Å². The standard InChI is InChI=1S/C15H22N2O2/c16-12-7-9-13(10-8-12)17-15(18)11-19-14-5-3-1-2-4-6-14/h7-10,14H,1-6,11,16H2,(H,17,18). The molecular weight excluding hydrogens is 240 g/mol. The number of hydrogen-bond acceptors (Lipinski definition) is 3. The van der Waals surface area contributed by atoms with Crippen LogP contribution in [0.15, 0.2) is 24.3 Å². The summed E-state index contributed by atoms with van der Waals surface area (Å²) >= 11 is 0. The van der Waals surface area contributed by atoms with Gasteiger partial charge in [0.25, 0.3) is 0 Å². The van der Waals surface area contributed by atoms with Crippen molar-refractivity contribution in [2.45, 2.75) is 44.6 Å². The molecule has 1 fully saturated rings. The molecule has 0 radical (unpaired) electrons. The number of nitrogens with one attached hydrogen (secondary N) is 1. The summed E-state index contributed by atoms with van der Waals surface area (Å²) < 4.78 is 5.68. The Bertz CT molecular complexity index is 395. The number of hydrogen-bond donors (Lipinski definition) is 2. The molecule has 1 aliphatic carbocycles. The smallest absolute Gasteiger partial charge is 0.250 e. The van der Waals surface area contributed by atoms with Gasteiger partial charge >= 0.3 is 0 Å². The number of ether oxygens (including phenoxy) is 1. The highest BCUT2D eigenvalue weighted by Crippen LogP contribution is 2.19. The predicted octanol–water partition coefficient (Wildman–Crippen LogP) is 2.95. The highest BCUT2D eigenvalue weighted by atomic mass is 16.5. The Balaban J connectivity index is 1.73. The SMILES string of the molecule is Nc1ccc(NC(=O)COC2CCCCCC2)cc1. The zero-order valence-electron chi connectivity index (χ0n) is 11.2. The molecule has 0 saturated heterocycles. The first-order chi connectivity index (χ1) is 9.24. The highest BCUT2D eigenvalue weighted by molar-refractivity contribution is 5.91. The number of carbonyl (C=O) groups is 1. The summed E-state index contributed by atoms with van der Waals surface area (Å²) in [6.07, 6.45) is 7.41. The van der Waals surface area contributed by atoms with Gasteiger partial charge in [-0.15, -0.1) is 0 Å². The molecule has 0 atom stereocenters. The first-order valence-electron chi connectivity index (χ1n) is 7.01. The monoisotopic (exact) mass is 262 g/mol. The average Bonchev–Trinajstić information content (AvgIpc) is 2.68. The Hall–Kier alpha value is -1.55. The van der Waals surface area contributed by atoms with Crippen LogP contribution in [-0.4, -0.2) is 18.6 Å². The summed E-state index contributed by atoms with van der Waals surface area (Å²) in [5, 5.41) is 2.80. The molecule has 4 heteroatoms. The van der Waals surface area contributed by atoms with Crippen LogP contribution >= 0.6 is 0 Å². The number of rotatable bonds is 4. The number of amides is 1. The van der Waals surface area contributed by atoms with Gasteiger partial charge in [-0.05, 0) is 37.1 Å².